The minimum Gasteiger partial charge on any atom is -0.496 e. The predicted octanol–water partition coefficient (Wildman–Crippen LogP) is 4.54. The number of carbonyl (C=O) groups is 1. The summed E-state index contributed by atoms with van der Waals surface area (Å²) in [5.74, 6) is 0.308. The fourth-order valence-electron chi connectivity index (χ4n) is 4.04. The second-order valence-electron chi connectivity index (χ2n) is 8.61. The van der Waals surface area contributed by atoms with Gasteiger partial charge in [-0.25, -0.2) is 4.39 Å². The second-order valence-corrected chi connectivity index (χ2v) is 8.61. The van der Waals surface area contributed by atoms with E-state index in [2.05, 4.69) is 23.8 Å². The number of amides is 1. The quantitative estimate of drug-likeness (QED) is 0.644. The summed E-state index contributed by atoms with van der Waals surface area (Å²) in [7, 11) is 1.62. The normalized spacial score (nSPS) is 15.7. The summed E-state index contributed by atoms with van der Waals surface area (Å²) >= 11 is 0. The lowest BCUT2D eigenvalue weighted by Crippen LogP contribution is -2.20. The molecule has 1 aliphatic carbocycles. The Labute approximate surface area is 180 Å². The molecule has 0 atom stereocenters. The van der Waals surface area contributed by atoms with Crippen molar-refractivity contribution in [1.82, 2.24) is 9.97 Å². The van der Waals surface area contributed by atoms with Crippen LogP contribution in [0.1, 0.15) is 61.5 Å². The van der Waals surface area contributed by atoms with Gasteiger partial charge in [0.2, 0.25) is 0 Å². The molecule has 1 saturated carbocycles. The van der Waals surface area contributed by atoms with Crippen molar-refractivity contribution in [1.29, 1.82) is 0 Å². The molecule has 3 N–H and O–H groups in total. The molecule has 0 unspecified atom stereocenters. The Morgan fingerprint density at radius 3 is 2.58 bits per heavy atom. The molecule has 0 bridgehead atoms. The Bertz CT molecular complexity index is 1130. The molecule has 1 aliphatic rings. The standard InChI is InChI=1S/C15H21FO.C9H7N3O2/c1-15(2)8-6-11(7-9-15)13-5-4-12(16)10-14(13)17-3;10-9(14)8-7-5(1-3-12-8)11-4-2-6(7)13/h4-5,10-11H,6-9H2,1-3H3;1-4H,(H2,10,14)(H,11,13). The van der Waals surface area contributed by atoms with Crippen LogP contribution in [-0.2, 0) is 0 Å². The third-order valence-corrected chi connectivity index (χ3v) is 5.88. The van der Waals surface area contributed by atoms with Crippen molar-refractivity contribution >= 4 is 16.8 Å². The highest BCUT2D eigenvalue weighted by Crippen LogP contribution is 2.44. The number of hydrogen-bond acceptors (Lipinski definition) is 4. The van der Waals surface area contributed by atoms with Gasteiger partial charge in [0.25, 0.3) is 5.91 Å². The monoisotopic (exact) mass is 425 g/mol. The fraction of sp³-hybridized carbons (Fsp3) is 0.375. The number of halogens is 1. The average Bonchev–Trinajstić information content (AvgIpc) is 2.74. The molecular formula is C24H28FN3O3. The number of aromatic amines is 1. The molecular weight excluding hydrogens is 397 g/mol. The van der Waals surface area contributed by atoms with Crippen LogP contribution < -0.4 is 15.9 Å². The number of H-pyrrole nitrogens is 1. The van der Waals surface area contributed by atoms with Gasteiger partial charge in [-0.15, -0.1) is 0 Å². The van der Waals surface area contributed by atoms with Crippen LogP contribution in [0.5, 0.6) is 5.75 Å². The Morgan fingerprint density at radius 1 is 1.23 bits per heavy atom. The Kier molecular flexibility index (Phi) is 6.73. The molecule has 31 heavy (non-hydrogen) atoms. The number of carbonyl (C=O) groups excluding carboxylic acids is 1. The molecule has 2 heterocycles. The summed E-state index contributed by atoms with van der Waals surface area (Å²) in [6.45, 7) is 4.65. The lowest BCUT2D eigenvalue weighted by molar-refractivity contribution is 0.0997. The lowest BCUT2D eigenvalue weighted by Gasteiger charge is -2.34. The topological polar surface area (TPSA) is 98.1 Å². The van der Waals surface area contributed by atoms with Crippen molar-refractivity contribution in [2.24, 2.45) is 11.1 Å². The van der Waals surface area contributed by atoms with Crippen LogP contribution in [-0.4, -0.2) is 23.0 Å². The van der Waals surface area contributed by atoms with Gasteiger partial charge in [0.1, 0.15) is 17.3 Å². The number of nitrogens with one attached hydrogen (secondary N) is 1. The molecule has 7 heteroatoms. The van der Waals surface area contributed by atoms with E-state index in [1.807, 2.05) is 6.07 Å². The minimum absolute atomic E-state index is 0.00403. The van der Waals surface area contributed by atoms with E-state index in [0.717, 1.165) is 0 Å². The van der Waals surface area contributed by atoms with E-state index >= 15 is 0 Å². The molecule has 1 amide bonds. The highest BCUT2D eigenvalue weighted by atomic mass is 19.1. The van der Waals surface area contributed by atoms with Crippen molar-refractivity contribution in [3.8, 4) is 5.75 Å². The summed E-state index contributed by atoms with van der Waals surface area (Å²) in [5.41, 5.74) is 7.02. The van der Waals surface area contributed by atoms with Crippen molar-refractivity contribution in [2.75, 3.05) is 7.11 Å². The van der Waals surface area contributed by atoms with E-state index in [4.69, 9.17) is 10.5 Å². The third-order valence-electron chi connectivity index (χ3n) is 5.88. The summed E-state index contributed by atoms with van der Waals surface area (Å²) < 4.78 is 18.4. The van der Waals surface area contributed by atoms with Gasteiger partial charge in [-0.1, -0.05) is 19.9 Å². The van der Waals surface area contributed by atoms with Crippen LogP contribution in [0.4, 0.5) is 4.39 Å². The van der Waals surface area contributed by atoms with Crippen LogP contribution in [0.2, 0.25) is 0 Å². The first kappa shape index (κ1) is 22.5. The molecule has 0 radical (unpaired) electrons. The number of nitrogens with zero attached hydrogens (tertiary/aromatic N) is 1. The van der Waals surface area contributed by atoms with Crippen molar-refractivity contribution in [3.05, 3.63) is 70.0 Å². The van der Waals surface area contributed by atoms with E-state index in [-0.39, 0.29) is 22.3 Å². The predicted molar refractivity (Wildman–Crippen MR) is 119 cm³/mol. The number of hydrogen-bond donors (Lipinski definition) is 2. The zero-order chi connectivity index (χ0) is 22.6. The number of pyridine rings is 2. The van der Waals surface area contributed by atoms with Crippen molar-refractivity contribution < 1.29 is 13.9 Å². The largest absolute Gasteiger partial charge is 0.496 e. The maximum atomic E-state index is 13.1. The van der Waals surface area contributed by atoms with Gasteiger partial charge in [0.05, 0.1) is 18.0 Å². The number of primary amides is 1. The Balaban J connectivity index is 0.000000179. The van der Waals surface area contributed by atoms with Crippen LogP contribution in [0.3, 0.4) is 0 Å². The first-order valence-corrected chi connectivity index (χ1v) is 10.3. The van der Waals surface area contributed by atoms with Crippen LogP contribution in [0, 0.1) is 11.2 Å². The van der Waals surface area contributed by atoms with Crippen LogP contribution >= 0.6 is 0 Å². The molecule has 1 aromatic carbocycles. The number of ether oxygens (including phenoxy) is 1. The highest BCUT2D eigenvalue weighted by Gasteiger charge is 2.29. The van der Waals surface area contributed by atoms with Gasteiger partial charge in [-0.05, 0) is 54.7 Å². The summed E-state index contributed by atoms with van der Waals surface area (Å²) in [4.78, 5) is 29.0. The summed E-state index contributed by atoms with van der Waals surface area (Å²) in [6.07, 6.45) is 7.76. The zero-order valence-corrected chi connectivity index (χ0v) is 18.1. The van der Waals surface area contributed by atoms with Crippen molar-refractivity contribution in [3.63, 3.8) is 0 Å². The average molecular weight is 426 g/mol. The summed E-state index contributed by atoms with van der Waals surface area (Å²) in [5, 5.41) is 0.238. The smallest absolute Gasteiger partial charge is 0.268 e. The molecule has 6 nitrogen and oxygen atoms in total. The molecule has 0 aliphatic heterocycles. The summed E-state index contributed by atoms with van der Waals surface area (Å²) in [6, 6.07) is 7.86. The van der Waals surface area contributed by atoms with E-state index in [1.165, 1.54) is 61.8 Å². The fourth-order valence-corrected chi connectivity index (χ4v) is 4.04. The Morgan fingerprint density at radius 2 is 1.94 bits per heavy atom. The molecule has 164 valence electrons. The van der Waals surface area contributed by atoms with E-state index < -0.39 is 5.91 Å². The first-order valence-electron chi connectivity index (χ1n) is 10.3. The molecule has 0 saturated heterocycles. The number of nitrogens with two attached hydrogens (primary N) is 1. The SMILES string of the molecule is COc1cc(F)ccc1C1CCC(C)(C)CC1.NC(=O)c1nccc2[nH]ccc(=O)c12. The van der Waals surface area contributed by atoms with E-state index in [9.17, 15) is 14.0 Å². The third kappa shape index (κ3) is 5.29. The van der Waals surface area contributed by atoms with Crippen LogP contribution in [0.15, 0.2) is 47.5 Å². The molecule has 0 spiro atoms. The van der Waals surface area contributed by atoms with E-state index in [0.29, 0.717) is 22.6 Å². The van der Waals surface area contributed by atoms with Crippen molar-refractivity contribution in [2.45, 2.75) is 45.4 Å². The number of fused-ring (bicyclic) bond motifs is 1. The minimum atomic E-state index is -0.702. The molecule has 1 fully saturated rings. The Hall–Kier alpha value is -3.22. The maximum Gasteiger partial charge on any atom is 0.268 e. The number of rotatable bonds is 3. The first-order chi connectivity index (χ1) is 14.7. The highest BCUT2D eigenvalue weighted by molar-refractivity contribution is 6.03. The zero-order valence-electron chi connectivity index (χ0n) is 18.1. The number of methoxy groups -OCH3 is 1. The molecule has 2 aromatic heterocycles. The van der Waals surface area contributed by atoms with Gasteiger partial charge < -0.3 is 15.5 Å². The van der Waals surface area contributed by atoms with Crippen LogP contribution in [0.25, 0.3) is 10.9 Å². The van der Waals surface area contributed by atoms with Gasteiger partial charge in [-0.2, -0.15) is 0 Å². The van der Waals surface area contributed by atoms with Gasteiger partial charge in [0, 0.05) is 24.5 Å². The van der Waals surface area contributed by atoms with E-state index in [1.54, 1.807) is 13.2 Å². The maximum absolute atomic E-state index is 13.1. The lowest BCUT2D eigenvalue weighted by atomic mass is 9.71. The number of benzene rings is 1. The van der Waals surface area contributed by atoms with Gasteiger partial charge in [0.15, 0.2) is 5.43 Å². The van der Waals surface area contributed by atoms with Gasteiger partial charge in [-0.3, -0.25) is 14.6 Å². The second kappa shape index (κ2) is 9.29. The molecule has 3 aromatic rings. The number of aromatic nitrogens is 2. The molecule has 4 rings (SSSR count). The van der Waals surface area contributed by atoms with Gasteiger partial charge >= 0.3 is 0 Å².